The minimum Gasteiger partial charge on any atom is -0.397 e. The van der Waals surface area contributed by atoms with Gasteiger partial charge in [-0.15, -0.1) is 0 Å². The molecule has 0 aromatic heterocycles. The van der Waals surface area contributed by atoms with E-state index in [1.165, 1.54) is 24.9 Å². The van der Waals surface area contributed by atoms with Gasteiger partial charge in [-0.1, -0.05) is 26.0 Å². The van der Waals surface area contributed by atoms with Crippen molar-refractivity contribution in [3.05, 3.63) is 24.3 Å². The van der Waals surface area contributed by atoms with Crippen LogP contribution in [0, 0.1) is 11.8 Å². The van der Waals surface area contributed by atoms with Crippen LogP contribution < -0.4 is 10.6 Å². The van der Waals surface area contributed by atoms with Crippen LogP contribution >= 0.6 is 0 Å². The molecule has 3 unspecified atom stereocenters. The van der Waals surface area contributed by atoms with E-state index in [0.29, 0.717) is 6.04 Å². The summed E-state index contributed by atoms with van der Waals surface area (Å²) in [5.41, 5.74) is 8.12. The van der Waals surface area contributed by atoms with E-state index in [1.54, 1.807) is 0 Å². The van der Waals surface area contributed by atoms with Crippen molar-refractivity contribution in [2.24, 2.45) is 11.8 Å². The van der Waals surface area contributed by atoms with Gasteiger partial charge in [0.05, 0.1) is 11.4 Å². The zero-order valence-electron chi connectivity index (χ0n) is 11.2. The highest BCUT2D eigenvalue weighted by molar-refractivity contribution is 5.67. The van der Waals surface area contributed by atoms with Crippen molar-refractivity contribution in [1.29, 1.82) is 0 Å². The second-order valence-corrected chi connectivity index (χ2v) is 5.59. The van der Waals surface area contributed by atoms with Gasteiger partial charge >= 0.3 is 0 Å². The molecule has 94 valence electrons. The van der Waals surface area contributed by atoms with Crippen LogP contribution in [0.25, 0.3) is 0 Å². The molecule has 0 aliphatic heterocycles. The van der Waals surface area contributed by atoms with Crippen molar-refractivity contribution in [2.45, 2.75) is 39.2 Å². The van der Waals surface area contributed by atoms with E-state index < -0.39 is 0 Å². The third-order valence-electron chi connectivity index (χ3n) is 4.43. The summed E-state index contributed by atoms with van der Waals surface area (Å²) in [6.07, 6.45) is 3.91. The maximum absolute atomic E-state index is 6.05. The van der Waals surface area contributed by atoms with Crippen molar-refractivity contribution in [1.82, 2.24) is 0 Å². The Morgan fingerprint density at radius 3 is 2.47 bits per heavy atom. The molecule has 0 saturated heterocycles. The molecule has 1 aliphatic carbocycles. The van der Waals surface area contributed by atoms with Crippen LogP contribution in [-0.2, 0) is 0 Å². The van der Waals surface area contributed by atoms with E-state index in [-0.39, 0.29) is 0 Å². The molecule has 0 radical (unpaired) electrons. The van der Waals surface area contributed by atoms with Gasteiger partial charge in [0.1, 0.15) is 0 Å². The van der Waals surface area contributed by atoms with E-state index in [1.807, 2.05) is 12.1 Å². The topological polar surface area (TPSA) is 29.3 Å². The predicted octanol–water partition coefficient (Wildman–Crippen LogP) is 3.53. The Bertz CT molecular complexity index is 375. The first-order valence-electron chi connectivity index (χ1n) is 6.67. The fourth-order valence-corrected chi connectivity index (χ4v) is 2.88. The van der Waals surface area contributed by atoms with Crippen LogP contribution in [0.2, 0.25) is 0 Å². The minimum atomic E-state index is 0.644. The molecule has 1 aromatic carbocycles. The normalized spacial score (nSPS) is 29.0. The standard InChI is InChI=1S/C15H24N2/c1-11-8-9-13(10-12(11)2)17(3)15-7-5-4-6-14(15)16/h4-7,11-13H,8-10,16H2,1-3H3. The van der Waals surface area contributed by atoms with Crippen LogP contribution in [0.3, 0.4) is 0 Å². The number of hydrogen-bond acceptors (Lipinski definition) is 2. The molecule has 17 heavy (non-hydrogen) atoms. The van der Waals surface area contributed by atoms with Crippen LogP contribution in [0.5, 0.6) is 0 Å². The van der Waals surface area contributed by atoms with Gasteiger partial charge in [0, 0.05) is 13.1 Å². The number of rotatable bonds is 2. The molecule has 0 amide bonds. The summed E-state index contributed by atoms with van der Waals surface area (Å²) >= 11 is 0. The number of para-hydroxylation sites is 2. The maximum Gasteiger partial charge on any atom is 0.0599 e. The highest BCUT2D eigenvalue weighted by atomic mass is 15.1. The van der Waals surface area contributed by atoms with Crippen molar-refractivity contribution in [3.63, 3.8) is 0 Å². The second-order valence-electron chi connectivity index (χ2n) is 5.59. The molecule has 3 atom stereocenters. The molecule has 2 rings (SSSR count). The number of hydrogen-bond donors (Lipinski definition) is 1. The summed E-state index contributed by atoms with van der Waals surface area (Å²) in [6.45, 7) is 4.75. The quantitative estimate of drug-likeness (QED) is 0.790. The van der Waals surface area contributed by atoms with Crippen molar-refractivity contribution >= 4 is 11.4 Å². The van der Waals surface area contributed by atoms with Crippen molar-refractivity contribution in [3.8, 4) is 0 Å². The van der Waals surface area contributed by atoms with Gasteiger partial charge in [-0.3, -0.25) is 0 Å². The van der Waals surface area contributed by atoms with Crippen LogP contribution in [0.4, 0.5) is 11.4 Å². The molecule has 2 N–H and O–H groups in total. The van der Waals surface area contributed by atoms with Gasteiger partial charge in [0.25, 0.3) is 0 Å². The molecular formula is C15H24N2. The van der Waals surface area contributed by atoms with Crippen molar-refractivity contribution in [2.75, 3.05) is 17.7 Å². The first kappa shape index (κ1) is 12.3. The smallest absolute Gasteiger partial charge is 0.0599 e. The second kappa shape index (κ2) is 4.99. The van der Waals surface area contributed by atoms with E-state index in [4.69, 9.17) is 5.73 Å². The van der Waals surface area contributed by atoms with Gasteiger partial charge < -0.3 is 10.6 Å². The highest BCUT2D eigenvalue weighted by Crippen LogP contribution is 2.34. The van der Waals surface area contributed by atoms with Gasteiger partial charge in [0.2, 0.25) is 0 Å². The Kier molecular flexibility index (Phi) is 3.60. The fourth-order valence-electron chi connectivity index (χ4n) is 2.88. The Balaban J connectivity index is 2.10. The zero-order chi connectivity index (χ0) is 12.4. The lowest BCUT2D eigenvalue weighted by Crippen LogP contribution is -2.38. The SMILES string of the molecule is CC1CCC(N(C)c2ccccc2N)CC1C. The monoisotopic (exact) mass is 232 g/mol. The summed E-state index contributed by atoms with van der Waals surface area (Å²) in [6, 6.07) is 8.82. The summed E-state index contributed by atoms with van der Waals surface area (Å²) in [5.74, 6) is 1.69. The molecule has 0 spiro atoms. The largest absolute Gasteiger partial charge is 0.397 e. The minimum absolute atomic E-state index is 0.644. The summed E-state index contributed by atoms with van der Waals surface area (Å²) < 4.78 is 0. The fraction of sp³-hybridized carbons (Fsp3) is 0.600. The zero-order valence-corrected chi connectivity index (χ0v) is 11.2. The molecule has 2 heteroatoms. The molecule has 1 saturated carbocycles. The number of nitrogens with two attached hydrogens (primary N) is 1. The van der Waals surface area contributed by atoms with Crippen LogP contribution in [0.15, 0.2) is 24.3 Å². The number of anilines is 2. The first-order valence-corrected chi connectivity index (χ1v) is 6.67. The molecular weight excluding hydrogens is 208 g/mol. The lowest BCUT2D eigenvalue weighted by atomic mass is 9.78. The first-order chi connectivity index (χ1) is 8.09. The maximum atomic E-state index is 6.05. The highest BCUT2D eigenvalue weighted by Gasteiger charge is 2.27. The number of nitrogen functional groups attached to an aromatic ring is 1. The van der Waals surface area contributed by atoms with Crippen LogP contribution in [0.1, 0.15) is 33.1 Å². The molecule has 1 aliphatic rings. The molecule has 1 aromatic rings. The Morgan fingerprint density at radius 1 is 1.12 bits per heavy atom. The third-order valence-corrected chi connectivity index (χ3v) is 4.43. The lowest BCUT2D eigenvalue weighted by molar-refractivity contribution is 0.247. The summed E-state index contributed by atoms with van der Waals surface area (Å²) in [4.78, 5) is 2.37. The molecule has 1 fully saturated rings. The molecule has 2 nitrogen and oxygen atoms in total. The van der Waals surface area contributed by atoms with E-state index in [0.717, 1.165) is 17.5 Å². The van der Waals surface area contributed by atoms with Gasteiger partial charge in [-0.2, -0.15) is 0 Å². The average molecular weight is 232 g/mol. The Morgan fingerprint density at radius 2 is 1.82 bits per heavy atom. The van der Waals surface area contributed by atoms with Gasteiger partial charge in [-0.25, -0.2) is 0 Å². The van der Waals surface area contributed by atoms with Crippen molar-refractivity contribution < 1.29 is 0 Å². The average Bonchev–Trinajstić information content (AvgIpc) is 2.32. The third kappa shape index (κ3) is 2.56. The number of benzene rings is 1. The van der Waals surface area contributed by atoms with Crippen LogP contribution in [-0.4, -0.2) is 13.1 Å². The lowest BCUT2D eigenvalue weighted by Gasteiger charge is -2.39. The predicted molar refractivity (Wildman–Crippen MR) is 75.2 cm³/mol. The van der Waals surface area contributed by atoms with E-state index in [2.05, 4.69) is 37.9 Å². The molecule has 0 heterocycles. The van der Waals surface area contributed by atoms with E-state index in [9.17, 15) is 0 Å². The van der Waals surface area contributed by atoms with Gasteiger partial charge in [0.15, 0.2) is 0 Å². The molecule has 0 bridgehead atoms. The summed E-state index contributed by atoms with van der Waals surface area (Å²) in [5, 5.41) is 0. The Hall–Kier alpha value is -1.18. The van der Waals surface area contributed by atoms with E-state index >= 15 is 0 Å². The number of nitrogens with zero attached hydrogens (tertiary/aromatic N) is 1. The Labute approximate surface area is 105 Å². The summed E-state index contributed by atoms with van der Waals surface area (Å²) in [7, 11) is 2.18. The van der Waals surface area contributed by atoms with Gasteiger partial charge in [-0.05, 0) is 43.2 Å².